The molecule has 6 nitrogen and oxygen atoms in total. The summed E-state index contributed by atoms with van der Waals surface area (Å²) in [6.45, 7) is 5.06. The van der Waals surface area contributed by atoms with Crippen molar-refractivity contribution in [2.24, 2.45) is 0 Å². The van der Waals surface area contributed by atoms with Crippen molar-refractivity contribution in [2.75, 3.05) is 20.2 Å². The van der Waals surface area contributed by atoms with Crippen molar-refractivity contribution in [2.45, 2.75) is 20.0 Å². The van der Waals surface area contributed by atoms with Crippen LogP contribution < -0.4 is 9.47 Å². The first-order valence-electron chi connectivity index (χ1n) is 9.27. The standard InChI is InChI=1S/C22H23N3O3/c1-14-21(24-15(2)23-14)16-8-10-17(11-9-16)22(26)25-12-18(13-25)28-20-7-5-4-6-19(20)27-3/h4-11,18H,12-13H2,1-3H3,(H,23,24). The lowest BCUT2D eigenvalue weighted by molar-refractivity contribution is 0.0169. The van der Waals surface area contributed by atoms with Gasteiger partial charge in [-0.05, 0) is 38.1 Å². The van der Waals surface area contributed by atoms with E-state index >= 15 is 0 Å². The number of carbonyl (C=O) groups is 1. The molecule has 1 fully saturated rings. The average Bonchev–Trinajstić information content (AvgIpc) is 3.02. The summed E-state index contributed by atoms with van der Waals surface area (Å²) in [7, 11) is 1.62. The average molecular weight is 377 g/mol. The van der Waals surface area contributed by atoms with E-state index in [4.69, 9.17) is 9.47 Å². The Kier molecular flexibility index (Phi) is 4.77. The lowest BCUT2D eigenvalue weighted by Crippen LogP contribution is -2.56. The van der Waals surface area contributed by atoms with Crippen molar-refractivity contribution in [3.63, 3.8) is 0 Å². The molecule has 4 rings (SSSR count). The molecule has 0 unspecified atom stereocenters. The quantitative estimate of drug-likeness (QED) is 0.738. The number of aromatic amines is 1. The molecule has 144 valence electrons. The molecule has 0 radical (unpaired) electrons. The number of nitrogens with zero attached hydrogens (tertiary/aromatic N) is 2. The number of ether oxygens (including phenoxy) is 2. The van der Waals surface area contributed by atoms with Crippen LogP contribution in [0.4, 0.5) is 0 Å². The molecule has 1 amide bonds. The number of para-hydroxylation sites is 2. The van der Waals surface area contributed by atoms with E-state index in [0.29, 0.717) is 30.2 Å². The zero-order valence-corrected chi connectivity index (χ0v) is 16.2. The number of nitrogens with one attached hydrogen (secondary N) is 1. The van der Waals surface area contributed by atoms with Gasteiger partial charge in [-0.15, -0.1) is 0 Å². The van der Waals surface area contributed by atoms with E-state index in [1.54, 1.807) is 12.0 Å². The van der Waals surface area contributed by atoms with E-state index in [-0.39, 0.29) is 12.0 Å². The van der Waals surface area contributed by atoms with Crippen molar-refractivity contribution < 1.29 is 14.3 Å². The molecule has 0 bridgehead atoms. The molecule has 0 aliphatic carbocycles. The number of amides is 1. The summed E-state index contributed by atoms with van der Waals surface area (Å²) < 4.78 is 11.3. The molecule has 0 spiro atoms. The molecule has 1 N–H and O–H groups in total. The predicted molar refractivity (Wildman–Crippen MR) is 107 cm³/mol. The van der Waals surface area contributed by atoms with Crippen molar-refractivity contribution >= 4 is 5.91 Å². The van der Waals surface area contributed by atoms with Gasteiger partial charge < -0.3 is 19.4 Å². The lowest BCUT2D eigenvalue weighted by Gasteiger charge is -2.39. The van der Waals surface area contributed by atoms with Gasteiger partial charge in [0.05, 0.1) is 25.9 Å². The van der Waals surface area contributed by atoms with Crippen molar-refractivity contribution in [3.8, 4) is 22.8 Å². The second-order valence-corrected chi connectivity index (χ2v) is 6.97. The SMILES string of the molecule is COc1ccccc1OC1CN(C(=O)c2ccc(-c3nc(C)[nH]c3C)cc2)C1. The summed E-state index contributed by atoms with van der Waals surface area (Å²) >= 11 is 0. The number of hydrogen-bond acceptors (Lipinski definition) is 4. The summed E-state index contributed by atoms with van der Waals surface area (Å²) in [6.07, 6.45) is -0.0193. The molecule has 1 aliphatic heterocycles. The Morgan fingerprint density at radius 2 is 1.75 bits per heavy atom. The predicted octanol–water partition coefficient (Wildman–Crippen LogP) is 3.61. The van der Waals surface area contributed by atoms with Crippen molar-refractivity contribution in [1.82, 2.24) is 14.9 Å². The summed E-state index contributed by atoms with van der Waals surface area (Å²) in [5.41, 5.74) is 3.62. The molecule has 0 atom stereocenters. The van der Waals surface area contributed by atoms with Gasteiger partial charge >= 0.3 is 0 Å². The van der Waals surface area contributed by atoms with Crippen LogP contribution in [0.5, 0.6) is 11.5 Å². The van der Waals surface area contributed by atoms with E-state index in [1.807, 2.05) is 62.4 Å². The van der Waals surface area contributed by atoms with Gasteiger partial charge in [0, 0.05) is 16.8 Å². The minimum Gasteiger partial charge on any atom is -0.493 e. The third-order valence-electron chi connectivity index (χ3n) is 4.91. The number of hydrogen-bond donors (Lipinski definition) is 1. The number of likely N-dealkylation sites (tertiary alicyclic amines) is 1. The van der Waals surface area contributed by atoms with E-state index in [9.17, 15) is 4.79 Å². The maximum atomic E-state index is 12.7. The fraction of sp³-hybridized carbons (Fsp3) is 0.273. The smallest absolute Gasteiger partial charge is 0.254 e. The Morgan fingerprint density at radius 1 is 1.07 bits per heavy atom. The number of methoxy groups -OCH3 is 1. The molecule has 3 aromatic rings. The van der Waals surface area contributed by atoms with Crippen molar-refractivity contribution in [3.05, 3.63) is 65.6 Å². The second-order valence-electron chi connectivity index (χ2n) is 6.97. The molecule has 6 heteroatoms. The largest absolute Gasteiger partial charge is 0.493 e. The van der Waals surface area contributed by atoms with Crippen LogP contribution in [0.3, 0.4) is 0 Å². The molecular formula is C22H23N3O3. The minimum atomic E-state index is -0.0193. The van der Waals surface area contributed by atoms with Gasteiger partial charge in [0.15, 0.2) is 11.5 Å². The zero-order chi connectivity index (χ0) is 19.7. The number of rotatable bonds is 5. The summed E-state index contributed by atoms with van der Waals surface area (Å²) in [5.74, 6) is 2.30. The summed E-state index contributed by atoms with van der Waals surface area (Å²) in [6, 6.07) is 15.1. The molecule has 0 saturated carbocycles. The molecule has 2 aromatic carbocycles. The van der Waals surface area contributed by atoms with Gasteiger partial charge in [-0.25, -0.2) is 4.98 Å². The van der Waals surface area contributed by atoms with E-state index in [2.05, 4.69) is 9.97 Å². The minimum absolute atomic E-state index is 0.0151. The first kappa shape index (κ1) is 18.1. The first-order chi connectivity index (χ1) is 13.5. The van der Waals surface area contributed by atoms with Crippen LogP contribution in [0.1, 0.15) is 21.9 Å². The highest BCUT2D eigenvalue weighted by Gasteiger charge is 2.33. The van der Waals surface area contributed by atoms with E-state index in [1.165, 1.54) is 0 Å². The van der Waals surface area contributed by atoms with Crippen LogP contribution in [0.2, 0.25) is 0 Å². The second kappa shape index (κ2) is 7.38. The van der Waals surface area contributed by atoms with E-state index in [0.717, 1.165) is 22.8 Å². The Morgan fingerprint density at radius 3 is 2.36 bits per heavy atom. The molecule has 2 heterocycles. The zero-order valence-electron chi connectivity index (χ0n) is 16.2. The van der Waals surface area contributed by atoms with Gasteiger partial charge in [-0.3, -0.25) is 4.79 Å². The Balaban J connectivity index is 1.38. The summed E-state index contributed by atoms with van der Waals surface area (Å²) in [5, 5.41) is 0. The van der Waals surface area contributed by atoms with Gasteiger partial charge in [-0.1, -0.05) is 24.3 Å². The molecule has 1 aliphatic rings. The topological polar surface area (TPSA) is 67.5 Å². The number of aryl methyl sites for hydroxylation is 2. The number of carbonyl (C=O) groups excluding carboxylic acids is 1. The molecular weight excluding hydrogens is 354 g/mol. The fourth-order valence-electron chi connectivity index (χ4n) is 3.42. The van der Waals surface area contributed by atoms with Crippen LogP contribution in [-0.2, 0) is 0 Å². The number of imidazole rings is 1. The van der Waals surface area contributed by atoms with Gasteiger partial charge in [0.1, 0.15) is 11.9 Å². The monoisotopic (exact) mass is 377 g/mol. The van der Waals surface area contributed by atoms with Crippen molar-refractivity contribution in [1.29, 1.82) is 0 Å². The first-order valence-corrected chi connectivity index (χ1v) is 9.27. The van der Waals surface area contributed by atoms with Gasteiger partial charge in [-0.2, -0.15) is 0 Å². The lowest BCUT2D eigenvalue weighted by atomic mass is 10.0. The van der Waals surface area contributed by atoms with Crippen LogP contribution >= 0.6 is 0 Å². The number of H-pyrrole nitrogens is 1. The van der Waals surface area contributed by atoms with Crippen LogP contribution in [0.25, 0.3) is 11.3 Å². The van der Waals surface area contributed by atoms with Gasteiger partial charge in [0.2, 0.25) is 0 Å². The normalized spacial score (nSPS) is 13.9. The maximum absolute atomic E-state index is 12.7. The van der Waals surface area contributed by atoms with Gasteiger partial charge in [0.25, 0.3) is 5.91 Å². The summed E-state index contributed by atoms with van der Waals surface area (Å²) in [4.78, 5) is 22.2. The van der Waals surface area contributed by atoms with E-state index < -0.39 is 0 Å². The van der Waals surface area contributed by atoms with Crippen LogP contribution in [0.15, 0.2) is 48.5 Å². The molecule has 1 saturated heterocycles. The number of aromatic nitrogens is 2. The highest BCUT2D eigenvalue weighted by molar-refractivity contribution is 5.95. The highest BCUT2D eigenvalue weighted by atomic mass is 16.5. The third-order valence-corrected chi connectivity index (χ3v) is 4.91. The van der Waals surface area contributed by atoms with Crippen LogP contribution in [-0.4, -0.2) is 47.1 Å². The maximum Gasteiger partial charge on any atom is 0.254 e. The molecule has 28 heavy (non-hydrogen) atoms. The number of benzene rings is 2. The Bertz CT molecular complexity index is 989. The fourth-order valence-corrected chi connectivity index (χ4v) is 3.42. The third kappa shape index (κ3) is 3.45. The Hall–Kier alpha value is -3.28. The highest BCUT2D eigenvalue weighted by Crippen LogP contribution is 2.29. The van der Waals surface area contributed by atoms with Crippen LogP contribution in [0, 0.1) is 13.8 Å². The molecule has 1 aromatic heterocycles. The Labute approximate surface area is 164 Å².